The van der Waals surface area contributed by atoms with Gasteiger partial charge in [0.15, 0.2) is 0 Å². The zero-order chi connectivity index (χ0) is 25.1. The van der Waals surface area contributed by atoms with Crippen LogP contribution in [-0.2, 0) is 9.59 Å². The van der Waals surface area contributed by atoms with E-state index in [1.54, 1.807) is 31.1 Å². The molecule has 182 valence electrons. The molecule has 3 amide bonds. The Morgan fingerprint density at radius 1 is 1.34 bits per heavy atom. The largest absolute Gasteiger partial charge is 0.343 e. The zero-order valence-corrected chi connectivity index (χ0v) is 20.2. The Bertz CT molecular complexity index is 1220. The standard InChI is InChI=1S/C25H29N7O3/c1-16-14-31(15-23(33)30(3)10-4-9-26)25(35)22-12-21(29-32(16)22)19-8-5-17(13-27-2)11-20(19)28-24(34)18-6-7-18/h5,8,11-13,16,18H,4,6-7,10,14-15H2,1-3H3,(H,28,34)/b27-13+/t16-/m0/s1. The van der Waals surface area contributed by atoms with Crippen molar-refractivity contribution in [2.24, 2.45) is 10.9 Å². The Labute approximate surface area is 204 Å². The van der Waals surface area contributed by atoms with Gasteiger partial charge in [0, 0.05) is 44.9 Å². The summed E-state index contributed by atoms with van der Waals surface area (Å²) in [5.74, 6) is -0.467. The summed E-state index contributed by atoms with van der Waals surface area (Å²) in [6, 6.07) is 9.21. The van der Waals surface area contributed by atoms with Crippen molar-refractivity contribution in [1.82, 2.24) is 19.6 Å². The van der Waals surface area contributed by atoms with Crippen molar-refractivity contribution in [3.8, 4) is 17.3 Å². The topological polar surface area (TPSA) is 124 Å². The third kappa shape index (κ3) is 5.24. The van der Waals surface area contributed by atoms with Crippen molar-refractivity contribution in [1.29, 1.82) is 5.26 Å². The highest BCUT2D eigenvalue weighted by atomic mass is 16.2. The van der Waals surface area contributed by atoms with Crippen molar-refractivity contribution < 1.29 is 14.4 Å². The molecule has 1 N–H and O–H groups in total. The first-order chi connectivity index (χ1) is 16.8. The van der Waals surface area contributed by atoms with E-state index in [0.717, 1.165) is 18.4 Å². The van der Waals surface area contributed by atoms with Gasteiger partial charge in [0.1, 0.15) is 12.2 Å². The maximum absolute atomic E-state index is 13.2. The first-order valence-electron chi connectivity index (χ1n) is 11.7. The number of benzene rings is 1. The number of nitriles is 1. The molecule has 10 nitrogen and oxygen atoms in total. The summed E-state index contributed by atoms with van der Waals surface area (Å²) in [5.41, 5.74) is 3.16. The van der Waals surface area contributed by atoms with Crippen LogP contribution in [0.3, 0.4) is 0 Å². The van der Waals surface area contributed by atoms with Gasteiger partial charge in [0.05, 0.1) is 29.9 Å². The van der Waals surface area contributed by atoms with Crippen molar-refractivity contribution >= 4 is 29.6 Å². The SMILES string of the molecule is C/N=C/c1ccc(-c2cc3n(n2)[C@@H](C)CN(CC(=O)N(C)CCC#N)C3=O)c(NC(=O)C2CC2)c1. The molecule has 0 unspecified atom stereocenters. The van der Waals surface area contributed by atoms with E-state index in [-0.39, 0.29) is 42.6 Å². The fraction of sp³-hybridized carbons (Fsp3) is 0.440. The highest BCUT2D eigenvalue weighted by molar-refractivity contribution is 6.00. The Hall–Kier alpha value is -4.00. The predicted octanol–water partition coefficient (Wildman–Crippen LogP) is 2.34. The third-order valence-electron chi connectivity index (χ3n) is 6.26. The van der Waals surface area contributed by atoms with Crippen molar-refractivity contribution in [2.45, 2.75) is 32.2 Å². The van der Waals surface area contributed by atoms with E-state index in [1.165, 1.54) is 9.80 Å². The van der Waals surface area contributed by atoms with E-state index in [4.69, 9.17) is 10.4 Å². The Kier molecular flexibility index (Phi) is 6.96. The lowest BCUT2D eigenvalue weighted by Gasteiger charge is -2.32. The quantitative estimate of drug-likeness (QED) is 0.587. The molecular weight excluding hydrogens is 446 g/mol. The van der Waals surface area contributed by atoms with E-state index in [2.05, 4.69) is 10.3 Å². The number of fused-ring (bicyclic) bond motifs is 1. The van der Waals surface area contributed by atoms with Crippen LogP contribution < -0.4 is 5.32 Å². The van der Waals surface area contributed by atoms with Gasteiger partial charge in [-0.3, -0.25) is 24.1 Å². The van der Waals surface area contributed by atoms with Crippen LogP contribution >= 0.6 is 0 Å². The van der Waals surface area contributed by atoms with E-state index in [1.807, 2.05) is 31.2 Å². The highest BCUT2D eigenvalue weighted by Gasteiger charge is 2.33. The van der Waals surface area contributed by atoms with Gasteiger partial charge in [-0.25, -0.2) is 0 Å². The van der Waals surface area contributed by atoms with Crippen LogP contribution in [0, 0.1) is 17.2 Å². The number of nitrogens with one attached hydrogen (secondary N) is 1. The number of aliphatic imine (C=N–C) groups is 1. The average Bonchev–Trinajstić information content (AvgIpc) is 3.59. The number of anilines is 1. The molecular formula is C25H29N7O3. The smallest absolute Gasteiger partial charge is 0.272 e. The van der Waals surface area contributed by atoms with Crippen molar-refractivity contribution in [3.05, 3.63) is 35.5 Å². The number of hydrogen-bond donors (Lipinski definition) is 1. The normalized spacial score (nSPS) is 17.3. The maximum atomic E-state index is 13.2. The molecule has 0 saturated heterocycles. The molecule has 1 saturated carbocycles. The molecule has 35 heavy (non-hydrogen) atoms. The molecule has 2 aliphatic rings. The van der Waals surface area contributed by atoms with E-state index in [9.17, 15) is 14.4 Å². The molecule has 10 heteroatoms. The number of nitrogens with zero attached hydrogens (tertiary/aromatic N) is 6. The number of amides is 3. The molecule has 2 heterocycles. The van der Waals surface area contributed by atoms with Crippen LogP contribution in [-0.4, -0.2) is 77.2 Å². The minimum atomic E-state index is -0.276. The number of aromatic nitrogens is 2. The van der Waals surface area contributed by atoms with Crippen LogP contribution in [0.15, 0.2) is 29.3 Å². The summed E-state index contributed by atoms with van der Waals surface area (Å²) >= 11 is 0. The number of rotatable bonds is 8. The van der Waals surface area contributed by atoms with Gasteiger partial charge in [-0.1, -0.05) is 6.07 Å². The lowest BCUT2D eigenvalue weighted by atomic mass is 10.1. The third-order valence-corrected chi connectivity index (χ3v) is 6.26. The summed E-state index contributed by atoms with van der Waals surface area (Å²) in [4.78, 5) is 45.3. The summed E-state index contributed by atoms with van der Waals surface area (Å²) in [5, 5.41) is 16.5. The first kappa shape index (κ1) is 24.1. The average molecular weight is 476 g/mol. The number of likely N-dealkylation sites (N-methyl/N-ethyl adjacent to an activating group) is 1. The van der Waals surface area contributed by atoms with Gasteiger partial charge in [-0.05, 0) is 43.5 Å². The minimum Gasteiger partial charge on any atom is -0.343 e. The number of hydrogen-bond acceptors (Lipinski definition) is 6. The predicted molar refractivity (Wildman–Crippen MR) is 131 cm³/mol. The minimum absolute atomic E-state index is 0.0181. The highest BCUT2D eigenvalue weighted by Crippen LogP contribution is 2.34. The maximum Gasteiger partial charge on any atom is 0.272 e. The molecule has 2 aromatic rings. The van der Waals surface area contributed by atoms with Crippen LogP contribution in [0.4, 0.5) is 5.69 Å². The molecule has 0 bridgehead atoms. The fourth-order valence-corrected chi connectivity index (χ4v) is 4.12. The lowest BCUT2D eigenvalue weighted by molar-refractivity contribution is -0.130. The van der Waals surface area contributed by atoms with E-state index < -0.39 is 0 Å². The Morgan fingerprint density at radius 2 is 2.11 bits per heavy atom. The molecule has 1 fully saturated rings. The molecule has 1 aliphatic carbocycles. The fourth-order valence-electron chi connectivity index (χ4n) is 4.12. The first-order valence-corrected chi connectivity index (χ1v) is 11.7. The summed E-state index contributed by atoms with van der Waals surface area (Å²) < 4.78 is 1.69. The van der Waals surface area contributed by atoms with Gasteiger partial charge in [0.2, 0.25) is 11.8 Å². The van der Waals surface area contributed by atoms with E-state index in [0.29, 0.717) is 35.7 Å². The molecule has 0 radical (unpaired) electrons. The molecule has 1 aromatic carbocycles. The van der Waals surface area contributed by atoms with Gasteiger partial charge in [-0.15, -0.1) is 0 Å². The van der Waals surface area contributed by atoms with Crippen LogP contribution in [0.1, 0.15) is 48.3 Å². The van der Waals surface area contributed by atoms with Crippen LogP contribution in [0.25, 0.3) is 11.3 Å². The Balaban J connectivity index is 1.61. The van der Waals surface area contributed by atoms with Gasteiger partial charge in [0.25, 0.3) is 5.91 Å². The zero-order valence-electron chi connectivity index (χ0n) is 20.2. The number of carbonyl (C=O) groups excluding carboxylic acids is 3. The second-order valence-electron chi connectivity index (χ2n) is 9.07. The van der Waals surface area contributed by atoms with Crippen molar-refractivity contribution in [3.63, 3.8) is 0 Å². The monoisotopic (exact) mass is 475 g/mol. The molecule has 1 aliphatic heterocycles. The molecule has 4 rings (SSSR count). The summed E-state index contributed by atoms with van der Waals surface area (Å²) in [7, 11) is 3.31. The second kappa shape index (κ2) is 10.1. The van der Waals surface area contributed by atoms with Gasteiger partial charge < -0.3 is 15.1 Å². The number of carbonyl (C=O) groups is 3. The lowest BCUT2D eigenvalue weighted by Crippen LogP contribution is -2.47. The van der Waals surface area contributed by atoms with Crippen molar-refractivity contribution in [2.75, 3.05) is 39.0 Å². The van der Waals surface area contributed by atoms with Gasteiger partial charge >= 0.3 is 0 Å². The Morgan fingerprint density at radius 3 is 2.80 bits per heavy atom. The second-order valence-corrected chi connectivity index (χ2v) is 9.07. The van der Waals surface area contributed by atoms with Crippen LogP contribution in [0.5, 0.6) is 0 Å². The summed E-state index contributed by atoms with van der Waals surface area (Å²) in [6.07, 6.45) is 3.73. The summed E-state index contributed by atoms with van der Waals surface area (Å²) in [6.45, 7) is 2.56. The molecule has 0 spiro atoms. The van der Waals surface area contributed by atoms with E-state index >= 15 is 0 Å². The van der Waals surface area contributed by atoms with Crippen LogP contribution in [0.2, 0.25) is 0 Å². The van der Waals surface area contributed by atoms with Gasteiger partial charge in [-0.2, -0.15) is 10.4 Å². The molecule has 1 atom stereocenters. The molecule has 1 aromatic heterocycles.